The first-order valence-corrected chi connectivity index (χ1v) is 5.88. The van der Waals surface area contributed by atoms with Gasteiger partial charge in [0, 0.05) is 4.58 Å². The first-order chi connectivity index (χ1) is 5.83. The minimum absolute atomic E-state index is 0.477. The van der Waals surface area contributed by atoms with E-state index in [1.807, 2.05) is 11.8 Å². The molecule has 0 N–H and O–H groups in total. The number of thioether (sulfide) groups is 1. The van der Waals surface area contributed by atoms with Gasteiger partial charge in [0.05, 0.1) is 0 Å². The maximum atomic E-state index is 4.42. The van der Waals surface area contributed by atoms with E-state index in [4.69, 9.17) is 0 Å². The van der Waals surface area contributed by atoms with Gasteiger partial charge in [-0.25, -0.2) is 0 Å². The highest BCUT2D eigenvalue weighted by Gasteiger charge is 1.99. The molecule has 1 aromatic carbocycles. The molecule has 0 bridgehead atoms. The van der Waals surface area contributed by atoms with E-state index in [0.717, 1.165) is 12.8 Å². The van der Waals surface area contributed by atoms with Crippen LogP contribution in [0.1, 0.15) is 12.0 Å². The Labute approximate surface area is 84.2 Å². The quantitative estimate of drug-likeness (QED) is 0.572. The fourth-order valence-corrected chi connectivity index (χ4v) is 1.54. The highest BCUT2D eigenvalue weighted by atomic mass is 32.2. The van der Waals surface area contributed by atoms with Crippen molar-refractivity contribution in [3.8, 4) is 0 Å². The van der Waals surface area contributed by atoms with Crippen LogP contribution in [0.2, 0.25) is 0 Å². The lowest BCUT2D eigenvalue weighted by Gasteiger charge is -2.06. The summed E-state index contributed by atoms with van der Waals surface area (Å²) >= 11 is 6.23. The number of aryl methyl sites for hydroxylation is 1. The highest BCUT2D eigenvalue weighted by Crippen LogP contribution is 2.17. The average Bonchev–Trinajstić information content (AvgIpc) is 2.16. The summed E-state index contributed by atoms with van der Waals surface area (Å²) < 4.78 is 0.477. The van der Waals surface area contributed by atoms with Crippen LogP contribution in [0.4, 0.5) is 0 Å². The summed E-state index contributed by atoms with van der Waals surface area (Å²) in [7, 11) is 0. The van der Waals surface area contributed by atoms with Gasteiger partial charge in [-0.15, -0.1) is 0 Å². The molecular weight excluding hydrogens is 184 g/mol. The third kappa shape index (κ3) is 3.55. The minimum atomic E-state index is 0.477. The third-order valence-electron chi connectivity index (χ3n) is 1.79. The zero-order chi connectivity index (χ0) is 8.81. The highest BCUT2D eigenvalue weighted by molar-refractivity contribution is 8.09. The van der Waals surface area contributed by atoms with Crippen LogP contribution in [-0.2, 0) is 6.42 Å². The van der Waals surface area contributed by atoms with Gasteiger partial charge in [0.1, 0.15) is 0 Å². The van der Waals surface area contributed by atoms with Gasteiger partial charge in [-0.1, -0.05) is 30.3 Å². The number of rotatable bonds is 4. The molecule has 0 aliphatic rings. The summed E-state index contributed by atoms with van der Waals surface area (Å²) in [6.45, 7) is 0. The van der Waals surface area contributed by atoms with E-state index in [9.17, 15) is 0 Å². The van der Waals surface area contributed by atoms with E-state index < -0.39 is 0 Å². The van der Waals surface area contributed by atoms with Crippen molar-refractivity contribution in [1.82, 2.24) is 0 Å². The molecule has 66 valence electrons. The van der Waals surface area contributed by atoms with E-state index in [1.54, 1.807) is 0 Å². The average molecular weight is 198 g/mol. The van der Waals surface area contributed by atoms with Crippen LogP contribution in [0.25, 0.3) is 0 Å². The Bertz CT molecular complexity index is 208. The Balaban J connectivity index is 2.33. The molecule has 0 radical (unpaired) electrons. The molecule has 2 heteroatoms. The molecule has 0 fully saturated rings. The predicted octanol–water partition coefficient (Wildman–Crippen LogP) is 3.24. The second kappa shape index (κ2) is 5.55. The van der Waals surface area contributed by atoms with Crippen molar-refractivity contribution in [2.24, 2.45) is 0 Å². The van der Waals surface area contributed by atoms with E-state index in [2.05, 4.69) is 49.2 Å². The minimum Gasteiger partial charge on any atom is -0.165 e. The standard InChI is InChI=1S/C10H14S2/c1-12-10(11)8-7-9-5-3-2-4-6-9/h2-6,10-11H,7-8H2,1H3. The SMILES string of the molecule is CSC(S)CCc1ccccc1. The molecule has 0 aliphatic carbocycles. The van der Waals surface area contributed by atoms with E-state index >= 15 is 0 Å². The van der Waals surface area contributed by atoms with Crippen molar-refractivity contribution in [1.29, 1.82) is 0 Å². The van der Waals surface area contributed by atoms with Crippen molar-refractivity contribution in [3.05, 3.63) is 35.9 Å². The second-order valence-corrected chi connectivity index (χ2v) is 4.73. The van der Waals surface area contributed by atoms with Crippen molar-refractivity contribution < 1.29 is 0 Å². The molecule has 1 unspecified atom stereocenters. The summed E-state index contributed by atoms with van der Waals surface area (Å²) in [6.07, 6.45) is 4.38. The summed E-state index contributed by atoms with van der Waals surface area (Å²) in [4.78, 5) is 0. The zero-order valence-electron chi connectivity index (χ0n) is 7.23. The van der Waals surface area contributed by atoms with Gasteiger partial charge >= 0.3 is 0 Å². The first kappa shape index (κ1) is 10.0. The fourth-order valence-electron chi connectivity index (χ4n) is 1.05. The number of benzene rings is 1. The van der Waals surface area contributed by atoms with E-state index in [1.165, 1.54) is 5.56 Å². The Hall–Kier alpha value is -0.0800. The lowest BCUT2D eigenvalue weighted by atomic mass is 10.1. The maximum absolute atomic E-state index is 4.42. The molecule has 0 saturated carbocycles. The van der Waals surface area contributed by atoms with Crippen LogP contribution in [0.3, 0.4) is 0 Å². The second-order valence-electron chi connectivity index (χ2n) is 2.71. The van der Waals surface area contributed by atoms with Crippen LogP contribution in [0, 0.1) is 0 Å². The molecule has 0 heterocycles. The number of hydrogen-bond donors (Lipinski definition) is 1. The van der Waals surface area contributed by atoms with Gasteiger partial charge in [0.15, 0.2) is 0 Å². The molecule has 0 saturated heterocycles. The summed E-state index contributed by atoms with van der Waals surface area (Å²) in [6, 6.07) is 10.6. The summed E-state index contributed by atoms with van der Waals surface area (Å²) in [5.41, 5.74) is 1.41. The van der Waals surface area contributed by atoms with Crippen molar-refractivity contribution in [3.63, 3.8) is 0 Å². The van der Waals surface area contributed by atoms with Crippen LogP contribution < -0.4 is 0 Å². The molecule has 0 nitrogen and oxygen atoms in total. The topological polar surface area (TPSA) is 0 Å². The Kier molecular flexibility index (Phi) is 4.62. The van der Waals surface area contributed by atoms with Crippen LogP contribution in [-0.4, -0.2) is 10.8 Å². The maximum Gasteiger partial charge on any atom is 0.0472 e. The molecule has 0 aromatic heterocycles. The van der Waals surface area contributed by atoms with Gasteiger partial charge in [-0.3, -0.25) is 0 Å². The van der Waals surface area contributed by atoms with E-state index in [-0.39, 0.29) is 0 Å². The smallest absolute Gasteiger partial charge is 0.0472 e. The van der Waals surface area contributed by atoms with Gasteiger partial charge in [-0.2, -0.15) is 24.4 Å². The lowest BCUT2D eigenvalue weighted by molar-refractivity contribution is 0.908. The number of thiol groups is 1. The number of hydrogen-bond acceptors (Lipinski definition) is 2. The van der Waals surface area contributed by atoms with Crippen LogP contribution in [0.5, 0.6) is 0 Å². The summed E-state index contributed by atoms with van der Waals surface area (Å²) in [5, 5.41) is 0. The molecule has 0 aliphatic heterocycles. The van der Waals surface area contributed by atoms with Crippen molar-refractivity contribution in [2.45, 2.75) is 17.4 Å². The van der Waals surface area contributed by atoms with Gasteiger partial charge in [-0.05, 0) is 24.7 Å². The lowest BCUT2D eigenvalue weighted by Crippen LogP contribution is -1.94. The van der Waals surface area contributed by atoms with Crippen molar-refractivity contribution >= 4 is 24.4 Å². The molecule has 12 heavy (non-hydrogen) atoms. The van der Waals surface area contributed by atoms with Gasteiger partial charge < -0.3 is 0 Å². The molecule has 1 rings (SSSR count). The van der Waals surface area contributed by atoms with Gasteiger partial charge in [0.2, 0.25) is 0 Å². The molecule has 1 atom stereocenters. The van der Waals surface area contributed by atoms with Gasteiger partial charge in [0.25, 0.3) is 0 Å². The third-order valence-corrected chi connectivity index (χ3v) is 3.47. The first-order valence-electron chi connectivity index (χ1n) is 4.07. The molecule has 1 aromatic rings. The fraction of sp³-hybridized carbons (Fsp3) is 0.400. The van der Waals surface area contributed by atoms with Crippen molar-refractivity contribution in [2.75, 3.05) is 6.26 Å². The molecule has 0 amide bonds. The Morgan fingerprint density at radius 2 is 2.00 bits per heavy atom. The Morgan fingerprint density at radius 3 is 2.58 bits per heavy atom. The Morgan fingerprint density at radius 1 is 1.33 bits per heavy atom. The zero-order valence-corrected chi connectivity index (χ0v) is 8.94. The summed E-state index contributed by atoms with van der Waals surface area (Å²) in [5.74, 6) is 0. The normalized spacial score (nSPS) is 12.8. The van der Waals surface area contributed by atoms with E-state index in [0.29, 0.717) is 4.58 Å². The largest absolute Gasteiger partial charge is 0.165 e. The monoisotopic (exact) mass is 198 g/mol. The molecule has 0 spiro atoms. The molecular formula is C10H14S2. The van der Waals surface area contributed by atoms with Crippen LogP contribution in [0.15, 0.2) is 30.3 Å². The van der Waals surface area contributed by atoms with Crippen LogP contribution >= 0.6 is 24.4 Å². The predicted molar refractivity (Wildman–Crippen MR) is 61.1 cm³/mol.